The van der Waals surface area contributed by atoms with Gasteiger partial charge in [0, 0.05) is 12.5 Å². The molecule has 1 heteroatoms. The SMILES string of the molecule is Cc1ccc(C(CO)CCC(C)(C)C)cc1. The molecule has 1 N–H and O–H groups in total. The molecule has 1 unspecified atom stereocenters. The Morgan fingerprint density at radius 1 is 1.12 bits per heavy atom. The van der Waals surface area contributed by atoms with Gasteiger partial charge in [-0.1, -0.05) is 50.6 Å². The monoisotopic (exact) mass is 220 g/mol. The number of aryl methyl sites for hydroxylation is 1. The normalized spacial score (nSPS) is 13.8. The summed E-state index contributed by atoms with van der Waals surface area (Å²) in [5.41, 5.74) is 2.88. The molecule has 0 aromatic heterocycles. The Kier molecular flexibility index (Phi) is 4.55. The largest absolute Gasteiger partial charge is 0.396 e. The van der Waals surface area contributed by atoms with Gasteiger partial charge in [0.25, 0.3) is 0 Å². The fraction of sp³-hybridized carbons (Fsp3) is 0.600. The van der Waals surface area contributed by atoms with Crippen molar-refractivity contribution in [3.63, 3.8) is 0 Å². The van der Waals surface area contributed by atoms with Crippen LogP contribution in [-0.4, -0.2) is 11.7 Å². The molecule has 0 aliphatic rings. The van der Waals surface area contributed by atoms with Crippen molar-refractivity contribution in [2.45, 2.75) is 46.5 Å². The molecule has 0 fully saturated rings. The van der Waals surface area contributed by atoms with Crippen LogP contribution in [0.3, 0.4) is 0 Å². The first-order chi connectivity index (χ1) is 7.42. The summed E-state index contributed by atoms with van der Waals surface area (Å²) in [6.07, 6.45) is 2.20. The topological polar surface area (TPSA) is 20.2 Å². The predicted molar refractivity (Wildman–Crippen MR) is 69.7 cm³/mol. The molecule has 0 heterocycles. The fourth-order valence-corrected chi connectivity index (χ4v) is 1.81. The Morgan fingerprint density at radius 3 is 2.12 bits per heavy atom. The predicted octanol–water partition coefficient (Wildman–Crippen LogP) is 3.90. The first-order valence-corrected chi connectivity index (χ1v) is 6.10. The lowest BCUT2D eigenvalue weighted by Gasteiger charge is -2.22. The molecule has 1 aromatic carbocycles. The molecule has 0 radical (unpaired) electrons. The maximum atomic E-state index is 9.45. The Morgan fingerprint density at radius 2 is 1.69 bits per heavy atom. The minimum Gasteiger partial charge on any atom is -0.396 e. The van der Waals surface area contributed by atoms with E-state index in [2.05, 4.69) is 52.0 Å². The van der Waals surface area contributed by atoms with E-state index in [4.69, 9.17) is 0 Å². The number of hydrogen-bond acceptors (Lipinski definition) is 1. The zero-order chi connectivity index (χ0) is 12.2. The minimum atomic E-state index is 0.249. The van der Waals surface area contributed by atoms with Crippen molar-refractivity contribution in [1.82, 2.24) is 0 Å². The van der Waals surface area contributed by atoms with Crippen LogP contribution in [0, 0.1) is 12.3 Å². The van der Waals surface area contributed by atoms with Crippen LogP contribution in [0.25, 0.3) is 0 Å². The van der Waals surface area contributed by atoms with E-state index in [-0.39, 0.29) is 6.61 Å². The lowest BCUT2D eigenvalue weighted by Crippen LogP contribution is -2.11. The smallest absolute Gasteiger partial charge is 0.0499 e. The summed E-state index contributed by atoms with van der Waals surface area (Å²) >= 11 is 0. The molecular formula is C15H24O. The van der Waals surface area contributed by atoms with Gasteiger partial charge in [-0.05, 0) is 30.7 Å². The van der Waals surface area contributed by atoms with E-state index in [1.54, 1.807) is 0 Å². The van der Waals surface area contributed by atoms with Gasteiger partial charge in [0.05, 0.1) is 0 Å². The first kappa shape index (κ1) is 13.2. The van der Waals surface area contributed by atoms with Gasteiger partial charge in [-0.25, -0.2) is 0 Å². The van der Waals surface area contributed by atoms with Crippen molar-refractivity contribution in [1.29, 1.82) is 0 Å². The summed E-state index contributed by atoms with van der Waals surface area (Å²) < 4.78 is 0. The molecule has 1 atom stereocenters. The number of aliphatic hydroxyl groups excluding tert-OH is 1. The van der Waals surface area contributed by atoms with Gasteiger partial charge in [0.1, 0.15) is 0 Å². The standard InChI is InChI=1S/C15H24O/c1-12-5-7-13(8-6-12)14(11-16)9-10-15(2,3)4/h5-8,14,16H,9-11H2,1-4H3. The average molecular weight is 220 g/mol. The lowest BCUT2D eigenvalue weighted by molar-refractivity contribution is 0.241. The highest BCUT2D eigenvalue weighted by molar-refractivity contribution is 5.24. The second-order valence-corrected chi connectivity index (χ2v) is 5.89. The molecule has 90 valence electrons. The van der Waals surface area contributed by atoms with E-state index in [1.807, 2.05) is 0 Å². The van der Waals surface area contributed by atoms with E-state index >= 15 is 0 Å². The fourth-order valence-electron chi connectivity index (χ4n) is 1.81. The average Bonchev–Trinajstić information content (AvgIpc) is 2.20. The van der Waals surface area contributed by atoms with Crippen LogP contribution < -0.4 is 0 Å². The van der Waals surface area contributed by atoms with Gasteiger partial charge in [-0.15, -0.1) is 0 Å². The quantitative estimate of drug-likeness (QED) is 0.816. The van der Waals surface area contributed by atoms with Gasteiger partial charge in [-0.2, -0.15) is 0 Å². The van der Waals surface area contributed by atoms with Gasteiger partial charge in [0.2, 0.25) is 0 Å². The molecular weight excluding hydrogens is 196 g/mol. The molecule has 0 saturated carbocycles. The number of hydrogen-bond donors (Lipinski definition) is 1. The van der Waals surface area contributed by atoms with E-state index < -0.39 is 0 Å². The Bertz CT molecular complexity index is 305. The van der Waals surface area contributed by atoms with Crippen molar-refractivity contribution in [3.8, 4) is 0 Å². The summed E-state index contributed by atoms with van der Waals surface area (Å²) in [7, 11) is 0. The van der Waals surface area contributed by atoms with E-state index in [0.29, 0.717) is 11.3 Å². The van der Waals surface area contributed by atoms with Crippen LogP contribution in [0.4, 0.5) is 0 Å². The molecule has 1 nitrogen and oxygen atoms in total. The summed E-state index contributed by atoms with van der Waals surface area (Å²) in [6, 6.07) is 8.52. The maximum Gasteiger partial charge on any atom is 0.0499 e. The van der Waals surface area contributed by atoms with Crippen LogP contribution >= 0.6 is 0 Å². The van der Waals surface area contributed by atoms with Crippen LogP contribution in [0.15, 0.2) is 24.3 Å². The van der Waals surface area contributed by atoms with Crippen LogP contribution in [0.1, 0.15) is 50.7 Å². The summed E-state index contributed by atoms with van der Waals surface area (Å²) in [6.45, 7) is 9.08. The molecule has 1 aromatic rings. The molecule has 0 spiro atoms. The zero-order valence-electron chi connectivity index (χ0n) is 11.0. The second-order valence-electron chi connectivity index (χ2n) is 5.89. The highest BCUT2D eigenvalue weighted by Crippen LogP contribution is 2.28. The zero-order valence-corrected chi connectivity index (χ0v) is 11.0. The molecule has 0 aliphatic heterocycles. The van der Waals surface area contributed by atoms with E-state index in [0.717, 1.165) is 12.8 Å². The molecule has 0 amide bonds. The number of aliphatic hydroxyl groups is 1. The molecule has 0 bridgehead atoms. The highest BCUT2D eigenvalue weighted by atomic mass is 16.3. The van der Waals surface area contributed by atoms with Crippen LogP contribution in [0.5, 0.6) is 0 Å². The summed E-state index contributed by atoms with van der Waals surface area (Å²) in [4.78, 5) is 0. The first-order valence-electron chi connectivity index (χ1n) is 6.10. The van der Waals surface area contributed by atoms with Crippen LogP contribution in [-0.2, 0) is 0 Å². The Balaban J connectivity index is 2.64. The molecule has 0 aliphatic carbocycles. The number of rotatable bonds is 4. The Hall–Kier alpha value is -0.820. The molecule has 1 rings (SSSR count). The van der Waals surface area contributed by atoms with Gasteiger partial charge in [0.15, 0.2) is 0 Å². The minimum absolute atomic E-state index is 0.249. The second kappa shape index (κ2) is 5.49. The van der Waals surface area contributed by atoms with Crippen molar-refractivity contribution in [2.75, 3.05) is 6.61 Å². The third kappa shape index (κ3) is 4.36. The van der Waals surface area contributed by atoms with E-state index in [1.165, 1.54) is 11.1 Å². The van der Waals surface area contributed by atoms with Crippen LogP contribution in [0.2, 0.25) is 0 Å². The van der Waals surface area contributed by atoms with Gasteiger partial charge < -0.3 is 5.11 Å². The van der Waals surface area contributed by atoms with Crippen molar-refractivity contribution in [2.24, 2.45) is 5.41 Å². The third-order valence-electron chi connectivity index (χ3n) is 3.01. The molecule has 16 heavy (non-hydrogen) atoms. The van der Waals surface area contributed by atoms with Crippen molar-refractivity contribution < 1.29 is 5.11 Å². The Labute approximate surface area is 99.5 Å². The third-order valence-corrected chi connectivity index (χ3v) is 3.01. The summed E-state index contributed by atoms with van der Waals surface area (Å²) in [5, 5.41) is 9.45. The summed E-state index contributed by atoms with van der Waals surface area (Å²) in [5.74, 6) is 0.292. The lowest BCUT2D eigenvalue weighted by atomic mass is 9.84. The van der Waals surface area contributed by atoms with Crippen molar-refractivity contribution in [3.05, 3.63) is 35.4 Å². The number of benzene rings is 1. The van der Waals surface area contributed by atoms with Crippen molar-refractivity contribution >= 4 is 0 Å². The van der Waals surface area contributed by atoms with Gasteiger partial charge >= 0.3 is 0 Å². The molecule has 0 saturated heterocycles. The maximum absolute atomic E-state index is 9.45. The van der Waals surface area contributed by atoms with E-state index in [9.17, 15) is 5.11 Å². The highest BCUT2D eigenvalue weighted by Gasteiger charge is 2.16. The van der Waals surface area contributed by atoms with Gasteiger partial charge in [-0.3, -0.25) is 0 Å².